The number of hydrogen-bond donors (Lipinski definition) is 1. The Kier molecular flexibility index (Phi) is 2.85. The van der Waals surface area contributed by atoms with Crippen LogP contribution in [-0.4, -0.2) is 24.0 Å². The fourth-order valence-electron chi connectivity index (χ4n) is 1.87. The van der Waals surface area contributed by atoms with E-state index >= 15 is 0 Å². The van der Waals surface area contributed by atoms with Gasteiger partial charge in [-0.15, -0.1) is 0 Å². The summed E-state index contributed by atoms with van der Waals surface area (Å²) in [6, 6.07) is 3.42. The van der Waals surface area contributed by atoms with E-state index in [2.05, 4.69) is 9.88 Å². The van der Waals surface area contributed by atoms with Gasteiger partial charge in [0.1, 0.15) is 5.82 Å². The van der Waals surface area contributed by atoms with Gasteiger partial charge >= 0.3 is 0 Å². The summed E-state index contributed by atoms with van der Waals surface area (Å²) < 4.78 is 0. The van der Waals surface area contributed by atoms with Gasteiger partial charge in [0.25, 0.3) is 0 Å². The Bertz CT molecular complexity index is 359. The summed E-state index contributed by atoms with van der Waals surface area (Å²) in [5, 5.41) is 0. The lowest BCUT2D eigenvalue weighted by Gasteiger charge is -2.27. The molecule has 0 spiro atoms. The average molecular weight is 205 g/mol. The molecule has 0 aliphatic carbocycles. The Hall–Kier alpha value is -1.58. The third-order valence-electron chi connectivity index (χ3n) is 2.71. The van der Waals surface area contributed by atoms with Crippen molar-refractivity contribution in [2.75, 3.05) is 18.0 Å². The molecule has 2 heterocycles. The van der Waals surface area contributed by atoms with Gasteiger partial charge in [-0.25, -0.2) is 4.98 Å². The minimum absolute atomic E-state index is 0.393. The molecule has 1 fully saturated rings. The van der Waals surface area contributed by atoms with Crippen molar-refractivity contribution < 1.29 is 4.79 Å². The van der Waals surface area contributed by atoms with Gasteiger partial charge in [0.05, 0.1) is 0 Å². The number of aromatic nitrogens is 1. The number of nitrogens with zero attached hydrogens (tertiary/aromatic N) is 2. The lowest BCUT2D eigenvalue weighted by Crippen LogP contribution is -2.30. The quantitative estimate of drug-likeness (QED) is 0.788. The summed E-state index contributed by atoms with van der Waals surface area (Å²) in [6.07, 6.45) is 5.32. The van der Waals surface area contributed by atoms with E-state index in [-0.39, 0.29) is 0 Å². The molecule has 0 aromatic carbocycles. The molecule has 2 rings (SSSR count). The molecule has 0 unspecified atom stereocenters. The maximum Gasteiger partial charge on any atom is 0.248 e. The van der Waals surface area contributed by atoms with Crippen LogP contribution < -0.4 is 10.6 Å². The fraction of sp³-hybridized carbons (Fsp3) is 0.455. The van der Waals surface area contributed by atoms with E-state index in [1.165, 1.54) is 19.3 Å². The van der Waals surface area contributed by atoms with Crippen molar-refractivity contribution in [2.24, 2.45) is 5.73 Å². The lowest BCUT2D eigenvalue weighted by molar-refractivity contribution is 0.1000. The van der Waals surface area contributed by atoms with Gasteiger partial charge in [-0.1, -0.05) is 0 Å². The van der Waals surface area contributed by atoms with Crippen LogP contribution in [0.15, 0.2) is 18.3 Å². The molecule has 0 atom stereocenters. The summed E-state index contributed by atoms with van der Waals surface area (Å²) in [6.45, 7) is 2.05. The molecule has 4 nitrogen and oxygen atoms in total. The number of primary amides is 1. The highest BCUT2D eigenvalue weighted by molar-refractivity contribution is 5.93. The minimum Gasteiger partial charge on any atom is -0.366 e. The molecular weight excluding hydrogens is 190 g/mol. The van der Waals surface area contributed by atoms with Gasteiger partial charge in [0, 0.05) is 24.8 Å². The van der Waals surface area contributed by atoms with Crippen LogP contribution in [0.5, 0.6) is 0 Å². The van der Waals surface area contributed by atoms with Crippen LogP contribution in [0.3, 0.4) is 0 Å². The molecule has 1 aromatic rings. The second kappa shape index (κ2) is 4.29. The number of nitrogens with two attached hydrogens (primary N) is 1. The van der Waals surface area contributed by atoms with Gasteiger partial charge in [0.2, 0.25) is 5.91 Å². The standard InChI is InChI=1S/C11H15N3O/c12-11(15)9-4-5-13-10(8-9)14-6-2-1-3-7-14/h4-5,8H,1-3,6-7H2,(H2,12,15). The van der Waals surface area contributed by atoms with E-state index in [9.17, 15) is 4.79 Å². The van der Waals surface area contributed by atoms with Crippen LogP contribution in [0, 0.1) is 0 Å². The van der Waals surface area contributed by atoms with Gasteiger partial charge in [-0.2, -0.15) is 0 Å². The molecule has 1 aliphatic rings. The van der Waals surface area contributed by atoms with Crippen molar-refractivity contribution >= 4 is 11.7 Å². The second-order valence-corrected chi connectivity index (χ2v) is 3.81. The third kappa shape index (κ3) is 2.26. The van der Waals surface area contributed by atoms with Crippen LogP contribution in [0.4, 0.5) is 5.82 Å². The van der Waals surface area contributed by atoms with Gasteiger partial charge in [-0.05, 0) is 31.4 Å². The highest BCUT2D eigenvalue weighted by Crippen LogP contribution is 2.17. The average Bonchev–Trinajstić information content (AvgIpc) is 2.30. The summed E-state index contributed by atoms with van der Waals surface area (Å²) in [7, 11) is 0. The van der Waals surface area contributed by atoms with Crippen LogP contribution in [0.1, 0.15) is 29.6 Å². The van der Waals surface area contributed by atoms with E-state index < -0.39 is 5.91 Å². The smallest absolute Gasteiger partial charge is 0.248 e. The van der Waals surface area contributed by atoms with E-state index in [0.29, 0.717) is 5.56 Å². The first-order valence-electron chi connectivity index (χ1n) is 5.28. The zero-order valence-corrected chi connectivity index (χ0v) is 8.65. The zero-order valence-electron chi connectivity index (χ0n) is 8.65. The zero-order chi connectivity index (χ0) is 10.7. The maximum absolute atomic E-state index is 11.0. The summed E-state index contributed by atoms with van der Waals surface area (Å²) in [5.41, 5.74) is 5.76. The first-order valence-corrected chi connectivity index (χ1v) is 5.28. The molecule has 1 aromatic heterocycles. The number of pyridine rings is 1. The highest BCUT2D eigenvalue weighted by atomic mass is 16.1. The Labute approximate surface area is 89.1 Å². The molecule has 4 heteroatoms. The number of hydrogen-bond acceptors (Lipinski definition) is 3. The van der Waals surface area contributed by atoms with E-state index in [4.69, 9.17) is 5.73 Å². The van der Waals surface area contributed by atoms with Crippen LogP contribution in [-0.2, 0) is 0 Å². The summed E-state index contributed by atoms with van der Waals surface area (Å²) in [5.74, 6) is 0.474. The number of piperidine rings is 1. The molecule has 0 bridgehead atoms. The van der Waals surface area contributed by atoms with Gasteiger partial charge in [0.15, 0.2) is 0 Å². The largest absolute Gasteiger partial charge is 0.366 e. The van der Waals surface area contributed by atoms with Crippen molar-refractivity contribution in [3.05, 3.63) is 23.9 Å². The van der Waals surface area contributed by atoms with Crippen LogP contribution in [0.25, 0.3) is 0 Å². The number of rotatable bonds is 2. The Morgan fingerprint density at radius 2 is 2.07 bits per heavy atom. The molecule has 1 saturated heterocycles. The molecule has 2 N–H and O–H groups in total. The fourth-order valence-corrected chi connectivity index (χ4v) is 1.87. The maximum atomic E-state index is 11.0. The molecule has 15 heavy (non-hydrogen) atoms. The van der Waals surface area contributed by atoms with Crippen molar-refractivity contribution in [2.45, 2.75) is 19.3 Å². The normalized spacial score (nSPS) is 16.4. The topological polar surface area (TPSA) is 59.2 Å². The highest BCUT2D eigenvalue weighted by Gasteiger charge is 2.12. The van der Waals surface area contributed by atoms with Gasteiger partial charge in [-0.3, -0.25) is 4.79 Å². The van der Waals surface area contributed by atoms with Crippen molar-refractivity contribution in [3.63, 3.8) is 0 Å². The number of anilines is 1. The molecule has 0 radical (unpaired) electrons. The minimum atomic E-state index is -0.393. The third-order valence-corrected chi connectivity index (χ3v) is 2.71. The van der Waals surface area contributed by atoms with E-state index in [1.54, 1.807) is 18.3 Å². The number of amides is 1. The van der Waals surface area contributed by atoms with Gasteiger partial charge < -0.3 is 10.6 Å². The van der Waals surface area contributed by atoms with E-state index in [1.807, 2.05) is 0 Å². The predicted molar refractivity (Wildman–Crippen MR) is 58.8 cm³/mol. The second-order valence-electron chi connectivity index (χ2n) is 3.81. The SMILES string of the molecule is NC(=O)c1ccnc(N2CCCCC2)c1. The number of carbonyl (C=O) groups excluding carboxylic acids is 1. The predicted octanol–water partition coefficient (Wildman–Crippen LogP) is 1.17. The van der Waals surface area contributed by atoms with Crippen molar-refractivity contribution in [3.8, 4) is 0 Å². The Morgan fingerprint density at radius 1 is 1.33 bits per heavy atom. The first kappa shape index (κ1) is 9.96. The Balaban J connectivity index is 2.19. The monoisotopic (exact) mass is 205 g/mol. The lowest BCUT2D eigenvalue weighted by atomic mass is 10.1. The number of carbonyl (C=O) groups is 1. The summed E-state index contributed by atoms with van der Waals surface area (Å²) in [4.78, 5) is 17.5. The molecule has 1 aliphatic heterocycles. The molecular formula is C11H15N3O. The molecule has 80 valence electrons. The molecule has 0 saturated carbocycles. The summed E-state index contributed by atoms with van der Waals surface area (Å²) >= 11 is 0. The first-order chi connectivity index (χ1) is 7.27. The Morgan fingerprint density at radius 3 is 2.73 bits per heavy atom. The van der Waals surface area contributed by atoms with Crippen LogP contribution in [0.2, 0.25) is 0 Å². The van der Waals surface area contributed by atoms with E-state index in [0.717, 1.165) is 18.9 Å². The van der Waals surface area contributed by atoms with Crippen molar-refractivity contribution in [1.82, 2.24) is 4.98 Å². The molecule has 1 amide bonds. The van der Waals surface area contributed by atoms with Crippen LogP contribution >= 0.6 is 0 Å². The van der Waals surface area contributed by atoms with Crippen molar-refractivity contribution in [1.29, 1.82) is 0 Å².